The number of hydrogen-bond donors (Lipinski definition) is 1. The molecule has 0 amide bonds. The van der Waals surface area contributed by atoms with Crippen molar-refractivity contribution in [3.05, 3.63) is 16.9 Å². The van der Waals surface area contributed by atoms with Crippen LogP contribution in [0.25, 0.3) is 0 Å². The van der Waals surface area contributed by atoms with E-state index < -0.39 is 10.8 Å². The highest BCUT2D eigenvalue weighted by Crippen LogP contribution is 2.13. The lowest BCUT2D eigenvalue weighted by Gasteiger charge is -2.22. The maximum atomic E-state index is 12.1. The summed E-state index contributed by atoms with van der Waals surface area (Å²) in [6.07, 6.45) is 3.48. The molecule has 0 bridgehead atoms. The van der Waals surface area contributed by atoms with Crippen LogP contribution >= 0.6 is 11.6 Å². The minimum atomic E-state index is -1.17. The Bertz CT molecular complexity index is 401. The number of nitrogens with zero attached hydrogens (tertiary/aromatic N) is 2. The van der Waals surface area contributed by atoms with E-state index in [1.54, 1.807) is 6.07 Å². The smallest absolute Gasteiger partial charge is 0.220 e. The number of aromatic nitrogens is 2. The standard InChI is InChI=1S/C11H16ClN3OS/c1-8-6-10(12)15-11(14-8)17(16)7-9-4-2-3-5-13-9/h6,9,13H,2-5,7H2,1H3/t9-,17+/m0/s1. The molecular formula is C11H16ClN3OS. The largest absolute Gasteiger partial charge is 0.313 e. The molecule has 1 saturated heterocycles. The van der Waals surface area contributed by atoms with Gasteiger partial charge in [-0.1, -0.05) is 18.0 Å². The number of nitrogens with one attached hydrogen (secondary N) is 1. The summed E-state index contributed by atoms with van der Waals surface area (Å²) in [5.74, 6) is 0.569. The molecule has 1 aliphatic rings. The number of aryl methyl sites for hydroxylation is 1. The van der Waals surface area contributed by atoms with Crippen LogP contribution in [-0.4, -0.2) is 32.5 Å². The quantitative estimate of drug-likeness (QED) is 0.673. The van der Waals surface area contributed by atoms with Gasteiger partial charge in [0.1, 0.15) is 5.15 Å². The molecule has 6 heteroatoms. The highest BCUT2D eigenvalue weighted by atomic mass is 35.5. The van der Waals surface area contributed by atoms with E-state index in [-0.39, 0.29) is 0 Å². The number of halogens is 1. The third-order valence-corrected chi connectivity index (χ3v) is 4.26. The lowest BCUT2D eigenvalue weighted by molar-refractivity contribution is 0.427. The third-order valence-electron chi connectivity index (χ3n) is 2.77. The van der Waals surface area contributed by atoms with E-state index in [1.165, 1.54) is 12.8 Å². The molecule has 0 radical (unpaired) electrons. The SMILES string of the molecule is Cc1cc(Cl)nc([S@](=O)C[C@@H]2CCCCN2)n1. The van der Waals surface area contributed by atoms with Crippen LogP contribution in [0.15, 0.2) is 11.2 Å². The lowest BCUT2D eigenvalue weighted by Crippen LogP contribution is -2.38. The van der Waals surface area contributed by atoms with Gasteiger partial charge < -0.3 is 5.32 Å². The minimum Gasteiger partial charge on any atom is -0.313 e. The normalized spacial score (nSPS) is 22.4. The van der Waals surface area contributed by atoms with Crippen LogP contribution in [-0.2, 0) is 10.8 Å². The Balaban J connectivity index is 2.03. The van der Waals surface area contributed by atoms with E-state index in [4.69, 9.17) is 11.6 Å². The molecule has 1 aromatic rings. The van der Waals surface area contributed by atoms with Gasteiger partial charge in [0.05, 0.1) is 10.8 Å². The van der Waals surface area contributed by atoms with Crippen LogP contribution in [0, 0.1) is 6.92 Å². The molecule has 1 aliphatic heterocycles. The fourth-order valence-corrected chi connectivity index (χ4v) is 3.46. The Labute approximate surface area is 109 Å². The maximum Gasteiger partial charge on any atom is 0.220 e. The number of rotatable bonds is 3. The summed E-state index contributed by atoms with van der Waals surface area (Å²) < 4.78 is 12.1. The molecule has 0 spiro atoms. The Hall–Kier alpha value is -0.520. The molecule has 94 valence electrons. The monoisotopic (exact) mass is 273 g/mol. The van der Waals surface area contributed by atoms with Crippen molar-refractivity contribution in [2.45, 2.75) is 37.4 Å². The van der Waals surface area contributed by atoms with Gasteiger partial charge in [0, 0.05) is 17.5 Å². The molecule has 1 fully saturated rings. The summed E-state index contributed by atoms with van der Waals surface area (Å²) in [6.45, 7) is 2.84. The zero-order valence-corrected chi connectivity index (χ0v) is 11.4. The van der Waals surface area contributed by atoms with E-state index in [0.717, 1.165) is 18.7 Å². The molecule has 0 aliphatic carbocycles. The summed E-state index contributed by atoms with van der Waals surface area (Å²) in [7, 11) is -1.17. The van der Waals surface area contributed by atoms with Gasteiger partial charge in [0.25, 0.3) is 0 Å². The van der Waals surface area contributed by atoms with Crippen molar-refractivity contribution in [2.24, 2.45) is 0 Å². The highest BCUT2D eigenvalue weighted by molar-refractivity contribution is 7.84. The van der Waals surface area contributed by atoms with Crippen LogP contribution < -0.4 is 5.32 Å². The first kappa shape index (κ1) is 12.9. The van der Waals surface area contributed by atoms with Crippen molar-refractivity contribution in [3.8, 4) is 0 Å². The molecule has 2 rings (SSSR count). The summed E-state index contributed by atoms with van der Waals surface area (Å²) in [6, 6.07) is 1.98. The highest BCUT2D eigenvalue weighted by Gasteiger charge is 2.18. The fraction of sp³-hybridized carbons (Fsp3) is 0.636. The van der Waals surface area contributed by atoms with Gasteiger partial charge in [-0.25, -0.2) is 9.97 Å². The molecule has 0 unspecified atom stereocenters. The Morgan fingerprint density at radius 2 is 2.35 bits per heavy atom. The van der Waals surface area contributed by atoms with E-state index in [1.807, 2.05) is 6.92 Å². The van der Waals surface area contributed by atoms with Gasteiger partial charge in [-0.05, 0) is 32.4 Å². The minimum absolute atomic E-state index is 0.312. The molecule has 1 aromatic heterocycles. The first-order valence-corrected chi connectivity index (χ1v) is 7.48. The lowest BCUT2D eigenvalue weighted by atomic mass is 10.1. The van der Waals surface area contributed by atoms with E-state index in [0.29, 0.717) is 22.1 Å². The fourth-order valence-electron chi connectivity index (χ4n) is 1.93. The first-order chi connectivity index (χ1) is 8.15. The summed E-state index contributed by atoms with van der Waals surface area (Å²) in [5.41, 5.74) is 0.755. The van der Waals surface area contributed by atoms with E-state index >= 15 is 0 Å². The summed E-state index contributed by atoms with van der Waals surface area (Å²) >= 11 is 5.84. The number of hydrogen-bond acceptors (Lipinski definition) is 4. The van der Waals surface area contributed by atoms with Crippen LogP contribution in [0.3, 0.4) is 0 Å². The second-order valence-corrected chi connectivity index (χ2v) is 6.05. The molecule has 17 heavy (non-hydrogen) atoms. The molecule has 2 atom stereocenters. The summed E-state index contributed by atoms with van der Waals surface area (Å²) in [5, 5.41) is 4.08. The van der Waals surface area contributed by atoms with Gasteiger partial charge >= 0.3 is 0 Å². The predicted molar refractivity (Wildman–Crippen MR) is 68.7 cm³/mol. The third kappa shape index (κ3) is 3.72. The van der Waals surface area contributed by atoms with E-state index in [2.05, 4.69) is 15.3 Å². The molecule has 1 N–H and O–H groups in total. The van der Waals surface area contributed by atoms with Crippen molar-refractivity contribution in [2.75, 3.05) is 12.3 Å². The van der Waals surface area contributed by atoms with Crippen molar-refractivity contribution >= 4 is 22.4 Å². The zero-order chi connectivity index (χ0) is 12.3. The second kappa shape index (κ2) is 5.89. The van der Waals surface area contributed by atoms with Gasteiger partial charge in [-0.3, -0.25) is 4.21 Å². The van der Waals surface area contributed by atoms with Gasteiger partial charge in [-0.2, -0.15) is 0 Å². The molecule has 0 saturated carbocycles. The molecular weight excluding hydrogens is 258 g/mol. The van der Waals surface area contributed by atoms with Crippen molar-refractivity contribution in [1.82, 2.24) is 15.3 Å². The average Bonchev–Trinajstić information content (AvgIpc) is 2.29. The molecule has 4 nitrogen and oxygen atoms in total. The van der Waals surface area contributed by atoms with Gasteiger partial charge in [0.2, 0.25) is 5.16 Å². The maximum absolute atomic E-state index is 12.1. The topological polar surface area (TPSA) is 54.9 Å². The van der Waals surface area contributed by atoms with Gasteiger partial charge in [-0.15, -0.1) is 0 Å². The Kier molecular flexibility index (Phi) is 4.48. The van der Waals surface area contributed by atoms with Crippen LogP contribution in [0.1, 0.15) is 25.0 Å². The summed E-state index contributed by atoms with van der Waals surface area (Å²) in [4.78, 5) is 8.20. The van der Waals surface area contributed by atoms with Crippen molar-refractivity contribution < 1.29 is 4.21 Å². The first-order valence-electron chi connectivity index (χ1n) is 5.78. The van der Waals surface area contributed by atoms with Crippen LogP contribution in [0.2, 0.25) is 5.15 Å². The van der Waals surface area contributed by atoms with Crippen LogP contribution in [0.5, 0.6) is 0 Å². The predicted octanol–water partition coefficient (Wildman–Crippen LogP) is 1.69. The van der Waals surface area contributed by atoms with E-state index in [9.17, 15) is 4.21 Å². The zero-order valence-electron chi connectivity index (χ0n) is 9.78. The second-order valence-electron chi connectivity index (χ2n) is 4.27. The average molecular weight is 274 g/mol. The Morgan fingerprint density at radius 3 is 3.00 bits per heavy atom. The Morgan fingerprint density at radius 1 is 1.53 bits per heavy atom. The molecule has 0 aromatic carbocycles. The number of piperidine rings is 1. The van der Waals surface area contributed by atoms with Crippen molar-refractivity contribution in [1.29, 1.82) is 0 Å². The van der Waals surface area contributed by atoms with Crippen molar-refractivity contribution in [3.63, 3.8) is 0 Å². The van der Waals surface area contributed by atoms with Crippen LogP contribution in [0.4, 0.5) is 0 Å². The molecule has 2 heterocycles. The van der Waals surface area contributed by atoms with Gasteiger partial charge in [0.15, 0.2) is 0 Å².